The van der Waals surface area contributed by atoms with Crippen LogP contribution in [0, 0.1) is 11.6 Å². The molecule has 10 aromatic rings. The fourth-order valence-electron chi connectivity index (χ4n) is 9.72. The topological polar surface area (TPSA) is 197 Å². The second-order valence-corrected chi connectivity index (χ2v) is 21.9. The van der Waals surface area contributed by atoms with E-state index in [0.29, 0.717) is 75.2 Å². The first-order chi connectivity index (χ1) is 43.9. The van der Waals surface area contributed by atoms with Gasteiger partial charge in [0.1, 0.15) is 45.4 Å². The molecule has 0 saturated heterocycles. The van der Waals surface area contributed by atoms with Gasteiger partial charge in [0.05, 0.1) is 50.7 Å². The maximum absolute atomic E-state index is 13.8. The molecule has 0 bridgehead atoms. The van der Waals surface area contributed by atoms with E-state index >= 15 is 0 Å². The maximum Gasteiger partial charge on any atom is 0.414 e. The summed E-state index contributed by atoms with van der Waals surface area (Å²) in [5.74, 6) is -1.40. The van der Waals surface area contributed by atoms with Crippen LogP contribution in [-0.4, -0.2) is 106 Å². The summed E-state index contributed by atoms with van der Waals surface area (Å²) in [5.41, 5.74) is 8.38. The summed E-state index contributed by atoms with van der Waals surface area (Å²) in [7, 11) is 0.527. The van der Waals surface area contributed by atoms with Gasteiger partial charge in [0.15, 0.2) is 0 Å². The number of hydrogen-bond acceptors (Lipinski definition) is 15. The van der Waals surface area contributed by atoms with Gasteiger partial charge in [-0.1, -0.05) is 97.1 Å². The summed E-state index contributed by atoms with van der Waals surface area (Å²) in [6, 6.07) is 57.0. The second-order valence-electron chi connectivity index (χ2n) is 20.3. The average Bonchev–Trinajstić information content (AvgIpc) is 1.65. The third-order valence-corrected chi connectivity index (χ3v) is 14.6. The molecular weight excluding hydrogens is 1190 g/mol. The number of nitrogens with one attached hydrogen (secondary N) is 1. The minimum absolute atomic E-state index is 0.170. The number of ether oxygens (including phenoxy) is 4. The van der Waals surface area contributed by atoms with E-state index < -0.39 is 45.9 Å². The van der Waals surface area contributed by atoms with Gasteiger partial charge < -0.3 is 37.6 Å². The summed E-state index contributed by atoms with van der Waals surface area (Å²) in [6.07, 6.45) is -0.0587. The number of esters is 2. The Morgan fingerprint density at radius 3 is 1.35 bits per heavy atom. The van der Waals surface area contributed by atoms with Crippen LogP contribution in [0.3, 0.4) is 0 Å². The van der Waals surface area contributed by atoms with Crippen LogP contribution in [0.4, 0.5) is 41.1 Å². The largest absolute Gasteiger partial charge is 0.462 e. The van der Waals surface area contributed by atoms with Gasteiger partial charge >= 0.3 is 24.1 Å². The number of hydrogen-bond donors (Lipinski definition) is 1. The van der Waals surface area contributed by atoms with E-state index in [1.54, 1.807) is 62.9 Å². The molecule has 0 atom stereocenters. The normalized spacial score (nSPS) is 10.9. The van der Waals surface area contributed by atoms with E-state index in [-0.39, 0.29) is 55.7 Å². The van der Waals surface area contributed by atoms with Crippen molar-refractivity contribution in [1.29, 1.82) is 0 Å². The highest BCUT2D eigenvalue weighted by atomic mass is 32.2. The zero-order chi connectivity index (χ0) is 65.0. The quantitative estimate of drug-likeness (QED) is 0.0405. The summed E-state index contributed by atoms with van der Waals surface area (Å²) in [5, 5.41) is 3.78. The van der Waals surface area contributed by atoms with Crippen LogP contribution < -0.4 is 20.0 Å². The fraction of sp³-hybridized carbons (Fsp3) is 0.211. The van der Waals surface area contributed by atoms with Gasteiger partial charge in [-0.3, -0.25) is 14.4 Å². The maximum atomic E-state index is 13.8. The van der Waals surface area contributed by atoms with Crippen molar-refractivity contribution in [3.05, 3.63) is 217 Å². The van der Waals surface area contributed by atoms with E-state index in [0.717, 1.165) is 28.8 Å². The van der Waals surface area contributed by atoms with Crippen LogP contribution in [-0.2, 0) is 33.2 Å². The number of fused-ring (bicyclic) bond motifs is 2. The smallest absolute Gasteiger partial charge is 0.414 e. The molecule has 1 N–H and O–H groups in total. The second kappa shape index (κ2) is 31.7. The molecule has 472 valence electrons. The van der Waals surface area contributed by atoms with Crippen LogP contribution in [0.25, 0.3) is 66.8 Å². The van der Waals surface area contributed by atoms with Gasteiger partial charge in [0.25, 0.3) is 10.1 Å². The molecule has 2 aromatic heterocycles. The van der Waals surface area contributed by atoms with Crippen molar-refractivity contribution in [2.24, 2.45) is 0 Å². The third kappa shape index (κ3) is 17.5. The van der Waals surface area contributed by atoms with Crippen LogP contribution in [0.5, 0.6) is 0 Å². The highest BCUT2D eigenvalue weighted by molar-refractivity contribution is 7.86. The van der Waals surface area contributed by atoms with Gasteiger partial charge in [-0.05, 0) is 124 Å². The molecule has 8 aromatic carbocycles. The predicted molar refractivity (Wildman–Crippen MR) is 351 cm³/mol. The van der Waals surface area contributed by atoms with Crippen LogP contribution in [0.15, 0.2) is 203 Å². The number of amides is 2. The van der Waals surface area contributed by atoms with E-state index in [9.17, 15) is 36.4 Å². The van der Waals surface area contributed by atoms with Crippen molar-refractivity contribution in [1.82, 2.24) is 0 Å². The minimum atomic E-state index is -3.33. The molecule has 10 rings (SSSR count). The lowest BCUT2D eigenvalue weighted by Gasteiger charge is -2.28. The lowest BCUT2D eigenvalue weighted by Crippen LogP contribution is -2.38. The van der Waals surface area contributed by atoms with E-state index in [4.69, 9.17) is 27.8 Å². The van der Waals surface area contributed by atoms with Gasteiger partial charge in [-0.25, -0.2) is 28.0 Å². The van der Waals surface area contributed by atoms with Gasteiger partial charge in [-0.15, -0.1) is 0 Å². The zero-order valence-corrected chi connectivity index (χ0v) is 52.3. The SMILES string of the molecule is CCOC(=O)Nc1cc2oc(-c3ccc(F)cc3)c(C(=O)OCC)c2cc1-c1ccccc1.CCOC(=O)c1c(-c2ccc(F)cc2)oc2cc(N(CCN(C)c3ccccc3)C(=O)OCC)c(-c3ccccc3)cc12.CN(CCOS(C)(=O)=O)c1ccccc1. The molecule has 91 heavy (non-hydrogen) atoms. The zero-order valence-electron chi connectivity index (χ0n) is 51.4. The lowest BCUT2D eigenvalue weighted by molar-refractivity contribution is 0.0519. The highest BCUT2D eigenvalue weighted by Gasteiger charge is 2.30. The molecule has 17 nitrogen and oxygen atoms in total. The van der Waals surface area contributed by atoms with Crippen LogP contribution >= 0.6 is 0 Å². The molecule has 0 aliphatic carbocycles. The number of furan rings is 2. The van der Waals surface area contributed by atoms with Crippen molar-refractivity contribution in [2.75, 3.05) is 93.0 Å². The Hall–Kier alpha value is -10.3. The minimum Gasteiger partial charge on any atom is -0.462 e. The van der Waals surface area contributed by atoms with Gasteiger partial charge in [0, 0.05) is 90.3 Å². The summed E-state index contributed by atoms with van der Waals surface area (Å²) in [4.78, 5) is 57.5. The van der Waals surface area contributed by atoms with E-state index in [2.05, 4.69) is 14.4 Å². The molecule has 0 fully saturated rings. The molecule has 2 amide bonds. The standard InChI is InChI=1S/C35H33FN2O5.C26H22FNO5.C10H15NO3S/c1-4-41-34(39)32-29-22-28(24-12-8-6-9-13-24)30(23-31(29)43-33(32)25-16-18-26(36)19-17-25)38(35(40)42-5-2)21-20-37(3)27-14-10-7-11-15-27;1-3-31-25(29)23-20-14-19(16-8-6-5-7-9-16)21(28-26(30)32-4-2)15-22(20)33-24(23)17-10-12-18(27)13-11-17;1-11(8-9-14-15(2,12)13)10-6-4-3-5-7-10/h6-19,22-23H,4-5,20-21H2,1-3H3;5-15H,3-4H2,1-2H3,(H,28,30);3-7H,8-9H2,1-2H3. The Kier molecular flexibility index (Phi) is 23.2. The van der Waals surface area contributed by atoms with E-state index in [1.807, 2.05) is 146 Å². The monoisotopic (exact) mass is 1260 g/mol. The highest BCUT2D eigenvalue weighted by Crippen LogP contribution is 2.43. The fourth-order valence-corrected chi connectivity index (χ4v) is 10.1. The molecule has 2 heterocycles. The third-order valence-electron chi connectivity index (χ3n) is 14.0. The Labute approximate surface area is 527 Å². The molecule has 0 spiro atoms. The first-order valence-electron chi connectivity index (χ1n) is 29.3. The Bertz CT molecular complexity index is 4170. The molecule has 0 saturated carbocycles. The summed E-state index contributed by atoms with van der Waals surface area (Å²) < 4.78 is 86.9. The van der Waals surface area contributed by atoms with Crippen molar-refractivity contribution < 1.29 is 68.3 Å². The molecule has 0 aliphatic rings. The number of halogens is 2. The molecule has 0 radical (unpaired) electrons. The number of para-hydroxylation sites is 2. The average molecular weight is 1260 g/mol. The van der Waals surface area contributed by atoms with Crippen molar-refractivity contribution in [3.63, 3.8) is 0 Å². The van der Waals surface area contributed by atoms with Crippen LogP contribution in [0.2, 0.25) is 0 Å². The number of likely N-dealkylation sites (N-methyl/N-ethyl adjacent to an activating group) is 2. The first kappa shape index (κ1) is 66.6. The van der Waals surface area contributed by atoms with Gasteiger partial charge in [-0.2, -0.15) is 8.42 Å². The molecule has 0 unspecified atom stereocenters. The summed E-state index contributed by atoms with van der Waals surface area (Å²) in [6.45, 7) is 9.24. The first-order valence-corrected chi connectivity index (χ1v) is 31.2. The predicted octanol–water partition coefficient (Wildman–Crippen LogP) is 15.9. The number of nitrogens with zero attached hydrogens (tertiary/aromatic N) is 3. The number of carbonyl (C=O) groups is 4. The lowest BCUT2D eigenvalue weighted by atomic mass is 9.98. The molecule has 20 heteroatoms. The Morgan fingerprint density at radius 2 is 0.901 bits per heavy atom. The van der Waals surface area contributed by atoms with E-state index in [1.165, 1.54) is 36.4 Å². The number of rotatable bonds is 21. The Morgan fingerprint density at radius 1 is 0.484 bits per heavy atom. The number of benzene rings is 8. The van der Waals surface area contributed by atoms with Crippen molar-refractivity contribution in [2.45, 2.75) is 27.7 Å². The summed E-state index contributed by atoms with van der Waals surface area (Å²) >= 11 is 0. The number of anilines is 4. The molecular formula is C71H70F2N4O13S. The van der Waals surface area contributed by atoms with Gasteiger partial charge in [0.2, 0.25) is 0 Å². The van der Waals surface area contributed by atoms with Crippen molar-refractivity contribution >= 4 is 78.9 Å². The van der Waals surface area contributed by atoms with Crippen LogP contribution in [0.1, 0.15) is 48.4 Å². The molecule has 0 aliphatic heterocycles. The Balaban J connectivity index is 0.000000196. The van der Waals surface area contributed by atoms with Crippen molar-refractivity contribution in [3.8, 4) is 44.9 Å². The number of carbonyl (C=O) groups excluding carboxylic acids is 4.